The van der Waals surface area contributed by atoms with Gasteiger partial charge in [-0.15, -0.1) is 0 Å². The van der Waals surface area contributed by atoms with E-state index in [0.717, 1.165) is 17.7 Å². The zero-order chi connectivity index (χ0) is 15.9. The highest BCUT2D eigenvalue weighted by molar-refractivity contribution is 6.10. The lowest BCUT2D eigenvalue weighted by Gasteiger charge is -2.30. The maximum atomic E-state index is 13.3. The Labute approximate surface area is 128 Å². The molecule has 1 unspecified atom stereocenters. The van der Waals surface area contributed by atoms with E-state index in [0.29, 0.717) is 25.8 Å². The van der Waals surface area contributed by atoms with Crippen molar-refractivity contribution in [1.82, 2.24) is 15.1 Å². The summed E-state index contributed by atoms with van der Waals surface area (Å²) in [6.07, 6.45) is 4.94. The van der Waals surface area contributed by atoms with E-state index in [9.17, 15) is 18.8 Å². The third-order valence-corrected chi connectivity index (χ3v) is 4.81. The van der Waals surface area contributed by atoms with Crippen LogP contribution in [-0.2, 0) is 9.59 Å². The molecule has 1 saturated carbocycles. The molecule has 1 N–H and O–H groups in total. The number of amides is 4. The molecule has 2 fully saturated rings. The number of imide groups is 1. The average molecular weight is 309 g/mol. The summed E-state index contributed by atoms with van der Waals surface area (Å²) in [4.78, 5) is 39.7. The van der Waals surface area contributed by atoms with Crippen molar-refractivity contribution in [3.8, 4) is 0 Å². The first-order valence-electron chi connectivity index (χ1n) is 7.74. The summed E-state index contributed by atoms with van der Waals surface area (Å²) in [6.45, 7) is 1.85. The molecule has 0 aromatic rings. The van der Waals surface area contributed by atoms with Gasteiger partial charge in [-0.05, 0) is 32.3 Å². The van der Waals surface area contributed by atoms with Crippen LogP contribution in [0.1, 0.15) is 39.0 Å². The fourth-order valence-electron chi connectivity index (χ4n) is 3.58. The van der Waals surface area contributed by atoms with Gasteiger partial charge in [0.15, 0.2) is 0 Å². The Morgan fingerprint density at radius 3 is 2.68 bits per heavy atom. The summed E-state index contributed by atoms with van der Waals surface area (Å²) >= 11 is 0. The molecule has 1 saturated heterocycles. The Hall–Kier alpha value is -1.92. The molecule has 7 heteroatoms. The Balaban J connectivity index is 1.75. The van der Waals surface area contributed by atoms with Gasteiger partial charge in [0.2, 0.25) is 5.91 Å². The normalized spacial score (nSPS) is 25.5. The minimum atomic E-state index is -0.904. The van der Waals surface area contributed by atoms with Gasteiger partial charge in [-0.1, -0.05) is 12.8 Å². The second-order valence-electron chi connectivity index (χ2n) is 6.27. The van der Waals surface area contributed by atoms with Gasteiger partial charge in [-0.3, -0.25) is 9.59 Å². The molecule has 2 aliphatic heterocycles. The average Bonchev–Trinajstić information content (AvgIpc) is 3.04. The molecule has 0 radical (unpaired) electrons. The van der Waals surface area contributed by atoms with E-state index in [1.807, 2.05) is 0 Å². The maximum absolute atomic E-state index is 13.3. The lowest BCUT2D eigenvalue weighted by Crippen LogP contribution is -2.51. The zero-order valence-corrected chi connectivity index (χ0v) is 12.6. The van der Waals surface area contributed by atoms with Crippen molar-refractivity contribution in [2.75, 3.05) is 13.1 Å². The van der Waals surface area contributed by atoms with Crippen LogP contribution in [0.5, 0.6) is 0 Å². The number of urea groups is 1. The molecular formula is C15H20FN3O3. The molecule has 4 amide bonds. The van der Waals surface area contributed by atoms with Crippen LogP contribution < -0.4 is 5.32 Å². The van der Waals surface area contributed by atoms with Crippen molar-refractivity contribution in [1.29, 1.82) is 0 Å². The lowest BCUT2D eigenvalue weighted by atomic mass is 9.97. The summed E-state index contributed by atoms with van der Waals surface area (Å²) in [5, 5.41) is 2.76. The number of nitrogens with zero attached hydrogens (tertiary/aromatic N) is 2. The van der Waals surface area contributed by atoms with Gasteiger partial charge in [0.25, 0.3) is 5.91 Å². The Kier molecular flexibility index (Phi) is 3.66. The third-order valence-electron chi connectivity index (χ3n) is 4.81. The standard InChI is InChI=1S/C15H20FN3O3/c1-10(12(20)18-8-4-5-11(16)9-18)19-13(21)15(17-14(19)22)6-2-3-7-15/h5,10H,2-4,6-9H2,1H3,(H,17,22). The van der Waals surface area contributed by atoms with E-state index in [4.69, 9.17) is 0 Å². The number of rotatable bonds is 2. The van der Waals surface area contributed by atoms with E-state index in [1.54, 1.807) is 0 Å². The first-order chi connectivity index (χ1) is 10.4. The van der Waals surface area contributed by atoms with Crippen LogP contribution in [0, 0.1) is 0 Å². The van der Waals surface area contributed by atoms with Gasteiger partial charge in [0, 0.05) is 6.54 Å². The monoisotopic (exact) mass is 309 g/mol. The largest absolute Gasteiger partial charge is 0.334 e. The first-order valence-corrected chi connectivity index (χ1v) is 7.74. The fraction of sp³-hybridized carbons (Fsp3) is 0.667. The van der Waals surface area contributed by atoms with Crippen molar-refractivity contribution >= 4 is 17.8 Å². The Bertz CT molecular complexity index is 554. The summed E-state index contributed by atoms with van der Waals surface area (Å²) in [7, 11) is 0. The van der Waals surface area contributed by atoms with Crippen molar-refractivity contribution in [3.63, 3.8) is 0 Å². The SMILES string of the molecule is CC(C(=O)N1CCC=C(F)C1)N1C(=O)NC2(CCCC2)C1=O. The molecule has 0 bridgehead atoms. The zero-order valence-electron chi connectivity index (χ0n) is 12.6. The number of nitrogens with one attached hydrogen (secondary N) is 1. The maximum Gasteiger partial charge on any atom is 0.325 e. The van der Waals surface area contributed by atoms with Gasteiger partial charge in [-0.2, -0.15) is 0 Å². The third kappa shape index (κ3) is 2.28. The summed E-state index contributed by atoms with van der Waals surface area (Å²) in [5.41, 5.74) is -0.821. The predicted octanol–water partition coefficient (Wildman–Crippen LogP) is 1.33. The van der Waals surface area contributed by atoms with Crippen LogP contribution in [0.2, 0.25) is 0 Å². The molecule has 0 aromatic carbocycles. The van der Waals surface area contributed by atoms with E-state index < -0.39 is 17.6 Å². The van der Waals surface area contributed by atoms with E-state index in [1.165, 1.54) is 17.9 Å². The second kappa shape index (κ2) is 5.37. The van der Waals surface area contributed by atoms with Gasteiger partial charge >= 0.3 is 6.03 Å². The molecule has 1 spiro atoms. The summed E-state index contributed by atoms with van der Waals surface area (Å²) in [6, 6.07) is -1.42. The predicted molar refractivity (Wildman–Crippen MR) is 76.4 cm³/mol. The summed E-state index contributed by atoms with van der Waals surface area (Å²) in [5.74, 6) is -1.05. The van der Waals surface area contributed by atoms with Crippen molar-refractivity contribution in [2.24, 2.45) is 0 Å². The molecule has 1 atom stereocenters. The van der Waals surface area contributed by atoms with Crippen molar-refractivity contribution in [2.45, 2.75) is 50.6 Å². The van der Waals surface area contributed by atoms with Crippen LogP contribution in [0.15, 0.2) is 11.9 Å². The van der Waals surface area contributed by atoms with E-state index >= 15 is 0 Å². The number of hydrogen-bond acceptors (Lipinski definition) is 3. The van der Waals surface area contributed by atoms with Gasteiger partial charge in [0.05, 0.1) is 6.54 Å². The van der Waals surface area contributed by atoms with Gasteiger partial charge < -0.3 is 10.2 Å². The molecule has 2 heterocycles. The van der Waals surface area contributed by atoms with Crippen molar-refractivity contribution < 1.29 is 18.8 Å². The van der Waals surface area contributed by atoms with Crippen LogP contribution >= 0.6 is 0 Å². The summed E-state index contributed by atoms with van der Waals surface area (Å²) < 4.78 is 13.3. The van der Waals surface area contributed by atoms with Crippen LogP contribution in [0.3, 0.4) is 0 Å². The van der Waals surface area contributed by atoms with Gasteiger partial charge in [0.1, 0.15) is 17.4 Å². The van der Waals surface area contributed by atoms with Crippen LogP contribution in [0.4, 0.5) is 9.18 Å². The van der Waals surface area contributed by atoms with E-state index in [2.05, 4.69) is 5.32 Å². The molecule has 6 nitrogen and oxygen atoms in total. The highest BCUT2D eigenvalue weighted by Crippen LogP contribution is 2.36. The molecular weight excluding hydrogens is 289 g/mol. The molecule has 3 rings (SSSR count). The highest BCUT2D eigenvalue weighted by Gasteiger charge is 2.54. The number of carbonyl (C=O) groups excluding carboxylic acids is 3. The van der Waals surface area contributed by atoms with Crippen LogP contribution in [0.25, 0.3) is 0 Å². The number of carbonyl (C=O) groups is 3. The molecule has 120 valence electrons. The molecule has 3 aliphatic rings. The van der Waals surface area contributed by atoms with Gasteiger partial charge in [-0.25, -0.2) is 14.1 Å². The fourth-order valence-corrected chi connectivity index (χ4v) is 3.58. The lowest BCUT2D eigenvalue weighted by molar-refractivity contribution is -0.142. The Morgan fingerprint density at radius 1 is 1.36 bits per heavy atom. The topological polar surface area (TPSA) is 69.7 Å². The van der Waals surface area contributed by atoms with E-state index in [-0.39, 0.29) is 24.2 Å². The highest BCUT2D eigenvalue weighted by atomic mass is 19.1. The van der Waals surface area contributed by atoms with Crippen molar-refractivity contribution in [3.05, 3.63) is 11.9 Å². The number of hydrogen-bond donors (Lipinski definition) is 1. The molecule has 1 aliphatic carbocycles. The quantitative estimate of drug-likeness (QED) is 0.782. The Morgan fingerprint density at radius 2 is 2.05 bits per heavy atom. The number of halogens is 1. The molecule has 22 heavy (non-hydrogen) atoms. The van der Waals surface area contributed by atoms with Crippen LogP contribution in [-0.4, -0.2) is 52.3 Å². The smallest absolute Gasteiger partial charge is 0.325 e. The first kappa shape index (κ1) is 15.0. The second-order valence-corrected chi connectivity index (χ2v) is 6.27. The molecule has 0 aromatic heterocycles. The minimum Gasteiger partial charge on any atom is -0.334 e. The minimum absolute atomic E-state index is 0.0854.